The molecule has 142 valence electrons. The van der Waals surface area contributed by atoms with Crippen molar-refractivity contribution in [1.82, 2.24) is 19.6 Å². The number of likely N-dealkylation sites (tertiary alicyclic amines) is 1. The second-order valence-corrected chi connectivity index (χ2v) is 8.13. The van der Waals surface area contributed by atoms with Crippen molar-refractivity contribution in [1.29, 1.82) is 0 Å². The molecule has 0 amide bonds. The molecule has 2 aromatic heterocycles. The monoisotopic (exact) mass is 356 g/mol. The summed E-state index contributed by atoms with van der Waals surface area (Å²) in [6.45, 7) is 5.22. The summed E-state index contributed by atoms with van der Waals surface area (Å²) in [5, 5.41) is 4.41. The van der Waals surface area contributed by atoms with Crippen LogP contribution in [-0.2, 0) is 13.1 Å². The lowest BCUT2D eigenvalue weighted by Gasteiger charge is -2.35. The van der Waals surface area contributed by atoms with Crippen LogP contribution in [0.25, 0.3) is 0 Å². The van der Waals surface area contributed by atoms with Crippen molar-refractivity contribution < 1.29 is 4.52 Å². The standard InChI is InChI=1S/C21H32N4O/c1-17-22-11-14-24(17)13-10-19-9-5-6-12-25(19)16-20-15-21(23-26-20)18-7-3-2-4-8-18/h11,14-15,18-19H,2-10,12-13,16H2,1H3/t19-/m0/s1. The third kappa shape index (κ3) is 4.20. The van der Waals surface area contributed by atoms with E-state index >= 15 is 0 Å². The summed E-state index contributed by atoms with van der Waals surface area (Å²) in [4.78, 5) is 6.95. The Balaban J connectivity index is 1.36. The van der Waals surface area contributed by atoms with Gasteiger partial charge < -0.3 is 9.09 Å². The smallest absolute Gasteiger partial charge is 0.150 e. The first-order valence-electron chi connectivity index (χ1n) is 10.5. The third-order valence-electron chi connectivity index (χ3n) is 6.34. The van der Waals surface area contributed by atoms with Crippen molar-refractivity contribution in [3.63, 3.8) is 0 Å². The fourth-order valence-electron chi connectivity index (χ4n) is 4.72. The number of imidazole rings is 1. The predicted molar refractivity (Wildman–Crippen MR) is 102 cm³/mol. The van der Waals surface area contributed by atoms with Crippen molar-refractivity contribution in [3.8, 4) is 0 Å². The molecule has 0 unspecified atom stereocenters. The van der Waals surface area contributed by atoms with E-state index in [-0.39, 0.29) is 0 Å². The van der Waals surface area contributed by atoms with E-state index in [4.69, 9.17) is 4.52 Å². The van der Waals surface area contributed by atoms with E-state index in [1.165, 1.54) is 70.0 Å². The van der Waals surface area contributed by atoms with Gasteiger partial charge in [-0.1, -0.05) is 30.8 Å². The predicted octanol–water partition coefficient (Wildman–Crippen LogP) is 4.67. The quantitative estimate of drug-likeness (QED) is 0.754. The highest BCUT2D eigenvalue weighted by Crippen LogP contribution is 2.32. The van der Waals surface area contributed by atoms with Gasteiger partial charge in [0, 0.05) is 37.0 Å². The van der Waals surface area contributed by atoms with E-state index in [0.717, 1.165) is 24.7 Å². The molecule has 2 aromatic rings. The minimum absolute atomic E-state index is 0.627. The van der Waals surface area contributed by atoms with E-state index in [9.17, 15) is 0 Å². The van der Waals surface area contributed by atoms with Gasteiger partial charge >= 0.3 is 0 Å². The summed E-state index contributed by atoms with van der Waals surface area (Å²) < 4.78 is 8.00. The van der Waals surface area contributed by atoms with Crippen LogP contribution >= 0.6 is 0 Å². The number of nitrogens with zero attached hydrogens (tertiary/aromatic N) is 4. The minimum atomic E-state index is 0.627. The SMILES string of the molecule is Cc1nccn1CC[C@@H]1CCCCN1Cc1cc(C2CCCCC2)no1. The van der Waals surface area contributed by atoms with E-state index < -0.39 is 0 Å². The number of aryl methyl sites for hydroxylation is 2. The minimum Gasteiger partial charge on any atom is -0.360 e. The highest BCUT2D eigenvalue weighted by atomic mass is 16.5. The maximum Gasteiger partial charge on any atom is 0.150 e. The molecule has 4 rings (SSSR count). The van der Waals surface area contributed by atoms with Crippen LogP contribution in [0.4, 0.5) is 0 Å². The summed E-state index contributed by atoms with van der Waals surface area (Å²) in [6, 6.07) is 2.87. The molecule has 1 saturated heterocycles. The van der Waals surface area contributed by atoms with Gasteiger partial charge in [0.25, 0.3) is 0 Å². The largest absolute Gasteiger partial charge is 0.360 e. The van der Waals surface area contributed by atoms with Crippen LogP contribution in [0.1, 0.15) is 81.0 Å². The van der Waals surface area contributed by atoms with Crippen LogP contribution in [-0.4, -0.2) is 32.2 Å². The molecule has 5 heteroatoms. The summed E-state index contributed by atoms with van der Waals surface area (Å²) in [6.07, 6.45) is 15.7. The molecule has 1 saturated carbocycles. The molecule has 1 aliphatic carbocycles. The second-order valence-electron chi connectivity index (χ2n) is 8.13. The average molecular weight is 357 g/mol. The van der Waals surface area contributed by atoms with Crippen LogP contribution in [0.5, 0.6) is 0 Å². The molecule has 1 atom stereocenters. The highest BCUT2D eigenvalue weighted by Gasteiger charge is 2.25. The van der Waals surface area contributed by atoms with Crippen molar-refractivity contribution in [2.45, 2.75) is 89.8 Å². The maximum absolute atomic E-state index is 5.73. The third-order valence-corrected chi connectivity index (χ3v) is 6.34. The number of rotatable bonds is 6. The number of aromatic nitrogens is 3. The molecule has 1 aliphatic heterocycles. The molecule has 0 N–H and O–H groups in total. The lowest BCUT2D eigenvalue weighted by Crippen LogP contribution is -2.39. The Morgan fingerprint density at radius 1 is 1.12 bits per heavy atom. The van der Waals surface area contributed by atoms with E-state index in [1.54, 1.807) is 0 Å². The second kappa shape index (κ2) is 8.38. The van der Waals surface area contributed by atoms with Gasteiger partial charge in [-0.05, 0) is 45.6 Å². The van der Waals surface area contributed by atoms with E-state index in [1.807, 2.05) is 6.20 Å². The van der Waals surface area contributed by atoms with Crippen LogP contribution < -0.4 is 0 Å². The van der Waals surface area contributed by atoms with Crippen LogP contribution in [0.2, 0.25) is 0 Å². The molecule has 0 bridgehead atoms. The molecule has 0 spiro atoms. The van der Waals surface area contributed by atoms with Gasteiger partial charge in [-0.2, -0.15) is 0 Å². The van der Waals surface area contributed by atoms with Crippen molar-refractivity contribution in [2.24, 2.45) is 0 Å². The van der Waals surface area contributed by atoms with Crippen LogP contribution in [0.3, 0.4) is 0 Å². The van der Waals surface area contributed by atoms with E-state index in [2.05, 4.69) is 38.8 Å². The molecular weight excluding hydrogens is 324 g/mol. The van der Waals surface area contributed by atoms with Gasteiger partial charge in [0.05, 0.1) is 12.2 Å². The lowest BCUT2D eigenvalue weighted by atomic mass is 9.87. The Kier molecular flexibility index (Phi) is 5.73. The van der Waals surface area contributed by atoms with Gasteiger partial charge in [-0.3, -0.25) is 4.90 Å². The normalized spacial score (nSPS) is 22.7. The topological polar surface area (TPSA) is 47.1 Å². The van der Waals surface area contributed by atoms with Crippen molar-refractivity contribution in [2.75, 3.05) is 6.54 Å². The first kappa shape index (κ1) is 17.8. The fourth-order valence-corrected chi connectivity index (χ4v) is 4.72. The summed E-state index contributed by atoms with van der Waals surface area (Å²) >= 11 is 0. The summed E-state index contributed by atoms with van der Waals surface area (Å²) in [5.41, 5.74) is 1.20. The summed E-state index contributed by atoms with van der Waals surface area (Å²) in [7, 11) is 0. The van der Waals surface area contributed by atoms with Gasteiger partial charge in [0.2, 0.25) is 0 Å². The van der Waals surface area contributed by atoms with Crippen molar-refractivity contribution in [3.05, 3.63) is 35.7 Å². The van der Waals surface area contributed by atoms with Gasteiger partial charge in [-0.25, -0.2) is 4.98 Å². The Morgan fingerprint density at radius 3 is 2.77 bits per heavy atom. The Bertz CT molecular complexity index is 686. The Morgan fingerprint density at radius 2 is 1.96 bits per heavy atom. The van der Waals surface area contributed by atoms with Gasteiger partial charge in [-0.15, -0.1) is 0 Å². The Labute approximate surface area is 156 Å². The zero-order valence-electron chi connectivity index (χ0n) is 16.1. The molecule has 26 heavy (non-hydrogen) atoms. The van der Waals surface area contributed by atoms with Gasteiger partial charge in [0.15, 0.2) is 5.76 Å². The molecule has 2 aliphatic rings. The first-order valence-corrected chi connectivity index (χ1v) is 10.5. The zero-order valence-corrected chi connectivity index (χ0v) is 16.1. The molecule has 2 fully saturated rings. The molecule has 0 radical (unpaired) electrons. The molecular formula is C21H32N4O. The fraction of sp³-hybridized carbons (Fsp3) is 0.714. The average Bonchev–Trinajstić information content (AvgIpc) is 3.31. The number of hydrogen-bond acceptors (Lipinski definition) is 4. The summed E-state index contributed by atoms with van der Waals surface area (Å²) in [5.74, 6) is 2.79. The van der Waals surface area contributed by atoms with Crippen molar-refractivity contribution >= 4 is 0 Å². The molecule has 5 nitrogen and oxygen atoms in total. The van der Waals surface area contributed by atoms with Crippen LogP contribution in [0, 0.1) is 6.92 Å². The van der Waals surface area contributed by atoms with Crippen LogP contribution in [0.15, 0.2) is 23.0 Å². The molecule has 3 heterocycles. The zero-order chi connectivity index (χ0) is 17.8. The first-order chi connectivity index (χ1) is 12.8. The van der Waals surface area contributed by atoms with Gasteiger partial charge in [0.1, 0.15) is 5.82 Å². The molecule has 0 aromatic carbocycles. The maximum atomic E-state index is 5.73. The van der Waals surface area contributed by atoms with E-state index in [0.29, 0.717) is 12.0 Å². The lowest BCUT2D eigenvalue weighted by molar-refractivity contribution is 0.115. The highest BCUT2D eigenvalue weighted by molar-refractivity contribution is 5.11. The number of piperidine rings is 1. The Hall–Kier alpha value is -1.62. The number of hydrogen-bond donors (Lipinski definition) is 0.